The van der Waals surface area contributed by atoms with Gasteiger partial charge >= 0.3 is 5.97 Å². The number of hydrogen-bond donors (Lipinski definition) is 0. The number of nitrogens with zero attached hydrogens (tertiary/aromatic N) is 2. The minimum Gasteiger partial charge on any atom is -0.465 e. The first kappa shape index (κ1) is 20.8. The Morgan fingerprint density at radius 3 is 2.41 bits per heavy atom. The molecule has 0 saturated carbocycles. The summed E-state index contributed by atoms with van der Waals surface area (Å²) >= 11 is 0. The smallest absolute Gasteiger partial charge is 0.331 e. The van der Waals surface area contributed by atoms with Crippen molar-refractivity contribution < 1.29 is 27.2 Å². The zero-order valence-electron chi connectivity index (χ0n) is 15.8. The molecule has 3 rings (SSSR count). The average Bonchev–Trinajstić information content (AvgIpc) is 3.25. The molecule has 0 spiro atoms. The number of amides is 1. The Kier molecular flexibility index (Phi) is 6.84. The van der Waals surface area contributed by atoms with E-state index in [1.54, 1.807) is 36.4 Å². The van der Waals surface area contributed by atoms with Crippen molar-refractivity contribution in [2.75, 3.05) is 32.8 Å². The molecule has 0 N–H and O–H groups in total. The monoisotopic (exact) mass is 418 g/mol. The van der Waals surface area contributed by atoms with Crippen LogP contribution in [0.2, 0.25) is 0 Å². The molecule has 1 aliphatic rings. The van der Waals surface area contributed by atoms with Gasteiger partial charge in [-0.2, -0.15) is 4.31 Å². The number of carbonyl (C=O) groups excluding carboxylic acids is 2. The summed E-state index contributed by atoms with van der Waals surface area (Å²) in [5.74, 6) is -0.578. The van der Waals surface area contributed by atoms with Gasteiger partial charge in [-0.15, -0.1) is 0 Å². The highest BCUT2D eigenvalue weighted by Crippen LogP contribution is 2.14. The third-order valence-corrected chi connectivity index (χ3v) is 6.29. The first-order chi connectivity index (χ1) is 13.9. The van der Waals surface area contributed by atoms with Crippen LogP contribution in [0, 0.1) is 0 Å². The second kappa shape index (κ2) is 9.53. The van der Waals surface area contributed by atoms with Gasteiger partial charge in [-0.25, -0.2) is 13.2 Å². The lowest BCUT2D eigenvalue weighted by atomic mass is 10.2. The number of esters is 1. The van der Waals surface area contributed by atoms with Gasteiger partial charge < -0.3 is 14.1 Å². The zero-order chi connectivity index (χ0) is 20.7. The summed E-state index contributed by atoms with van der Waals surface area (Å²) in [5, 5.41) is 0. The standard InChI is InChI=1S/C20H22N2O6S/c23-19(15-28-20(24)9-8-18-7-4-14-27-18)21-10-12-22(13-11-21)29(25,26)16-17-5-2-1-3-6-17/h1-9,14H,10-13,15-16H2/b9-8+. The van der Waals surface area contributed by atoms with Crippen LogP contribution in [0.25, 0.3) is 6.08 Å². The second-order valence-electron chi connectivity index (χ2n) is 6.48. The lowest BCUT2D eigenvalue weighted by Gasteiger charge is -2.33. The van der Waals surface area contributed by atoms with E-state index in [0.29, 0.717) is 5.76 Å². The van der Waals surface area contributed by atoms with Crippen molar-refractivity contribution in [3.8, 4) is 0 Å². The summed E-state index contributed by atoms with van der Waals surface area (Å²) < 4.78 is 36.5. The molecule has 0 bridgehead atoms. The molecule has 1 aromatic carbocycles. The van der Waals surface area contributed by atoms with Gasteiger partial charge in [-0.1, -0.05) is 30.3 Å². The minimum absolute atomic E-state index is 0.0681. The molecule has 2 aromatic rings. The Bertz CT molecular complexity index is 946. The van der Waals surface area contributed by atoms with E-state index >= 15 is 0 Å². The summed E-state index contributed by atoms with van der Waals surface area (Å²) in [7, 11) is -3.45. The number of sulfonamides is 1. The molecule has 9 heteroatoms. The van der Waals surface area contributed by atoms with Crippen LogP contribution in [0.5, 0.6) is 0 Å². The molecule has 1 amide bonds. The van der Waals surface area contributed by atoms with Gasteiger partial charge in [-0.05, 0) is 23.8 Å². The van der Waals surface area contributed by atoms with Crippen molar-refractivity contribution in [3.63, 3.8) is 0 Å². The number of benzene rings is 1. The average molecular weight is 418 g/mol. The van der Waals surface area contributed by atoms with Crippen LogP contribution in [0.3, 0.4) is 0 Å². The second-order valence-corrected chi connectivity index (χ2v) is 8.45. The highest BCUT2D eigenvalue weighted by atomic mass is 32.2. The third-order valence-electron chi connectivity index (χ3n) is 4.44. The van der Waals surface area contributed by atoms with E-state index in [2.05, 4.69) is 0 Å². The van der Waals surface area contributed by atoms with Gasteiger partial charge in [0.1, 0.15) is 5.76 Å². The number of carbonyl (C=O) groups is 2. The number of hydrogen-bond acceptors (Lipinski definition) is 6. The highest BCUT2D eigenvalue weighted by Gasteiger charge is 2.29. The van der Waals surface area contributed by atoms with Gasteiger partial charge in [0.25, 0.3) is 5.91 Å². The molecule has 1 saturated heterocycles. The molecule has 0 aliphatic carbocycles. The Morgan fingerprint density at radius 1 is 1.03 bits per heavy atom. The molecule has 8 nitrogen and oxygen atoms in total. The van der Waals surface area contributed by atoms with Crippen LogP contribution in [0.15, 0.2) is 59.2 Å². The van der Waals surface area contributed by atoms with Crippen LogP contribution in [-0.2, 0) is 30.1 Å². The van der Waals surface area contributed by atoms with E-state index in [9.17, 15) is 18.0 Å². The van der Waals surface area contributed by atoms with E-state index in [4.69, 9.17) is 9.15 Å². The number of furan rings is 1. The predicted octanol–water partition coefficient (Wildman–Crippen LogP) is 1.51. The maximum absolute atomic E-state index is 12.6. The summed E-state index contributed by atoms with van der Waals surface area (Å²) in [6.45, 7) is 0.553. The molecular formula is C20H22N2O6S. The Labute approximate surface area is 169 Å². The highest BCUT2D eigenvalue weighted by molar-refractivity contribution is 7.88. The van der Waals surface area contributed by atoms with Crippen LogP contribution in [-0.4, -0.2) is 62.3 Å². The molecule has 1 fully saturated rings. The van der Waals surface area contributed by atoms with E-state index < -0.39 is 22.6 Å². The van der Waals surface area contributed by atoms with E-state index in [0.717, 1.165) is 5.56 Å². The van der Waals surface area contributed by atoms with E-state index in [-0.39, 0.29) is 37.8 Å². The lowest BCUT2D eigenvalue weighted by molar-refractivity contribution is -0.148. The van der Waals surface area contributed by atoms with Gasteiger partial charge in [-0.3, -0.25) is 4.79 Å². The normalized spacial score (nSPS) is 15.5. The molecule has 0 atom stereocenters. The first-order valence-corrected chi connectivity index (χ1v) is 10.7. The van der Waals surface area contributed by atoms with Gasteiger partial charge in [0, 0.05) is 32.3 Å². The fraction of sp³-hybridized carbons (Fsp3) is 0.300. The number of ether oxygens (including phenoxy) is 1. The molecule has 0 radical (unpaired) electrons. The van der Waals surface area contributed by atoms with Gasteiger partial charge in [0.2, 0.25) is 10.0 Å². The molecule has 1 aliphatic heterocycles. The lowest BCUT2D eigenvalue weighted by Crippen LogP contribution is -2.51. The summed E-state index contributed by atoms with van der Waals surface area (Å²) in [5.41, 5.74) is 0.723. The maximum atomic E-state index is 12.6. The fourth-order valence-electron chi connectivity index (χ4n) is 2.90. The summed E-state index contributed by atoms with van der Waals surface area (Å²) in [6, 6.07) is 12.3. The SMILES string of the molecule is O=C(/C=C/c1ccco1)OCC(=O)N1CCN(S(=O)(=O)Cc2ccccc2)CC1. The zero-order valence-corrected chi connectivity index (χ0v) is 16.6. The van der Waals surface area contributed by atoms with Crippen LogP contribution >= 0.6 is 0 Å². The Hall–Kier alpha value is -2.91. The van der Waals surface area contributed by atoms with Crippen molar-refractivity contribution in [2.24, 2.45) is 0 Å². The quantitative estimate of drug-likeness (QED) is 0.499. The molecule has 2 heterocycles. The van der Waals surface area contributed by atoms with Crippen LogP contribution in [0.4, 0.5) is 0 Å². The molecule has 1 aromatic heterocycles. The topological polar surface area (TPSA) is 97.1 Å². The van der Waals surface area contributed by atoms with Crippen molar-refractivity contribution in [1.82, 2.24) is 9.21 Å². The fourth-order valence-corrected chi connectivity index (χ4v) is 4.42. The van der Waals surface area contributed by atoms with E-state index in [1.807, 2.05) is 6.07 Å². The van der Waals surface area contributed by atoms with Gasteiger partial charge in [0.15, 0.2) is 6.61 Å². The number of piperazine rings is 1. The maximum Gasteiger partial charge on any atom is 0.331 e. The third kappa shape index (κ3) is 6.03. The Morgan fingerprint density at radius 2 is 1.76 bits per heavy atom. The van der Waals surface area contributed by atoms with Gasteiger partial charge in [0.05, 0.1) is 12.0 Å². The number of rotatable bonds is 7. The van der Waals surface area contributed by atoms with Crippen molar-refractivity contribution >= 4 is 28.0 Å². The van der Waals surface area contributed by atoms with Crippen LogP contribution in [0.1, 0.15) is 11.3 Å². The predicted molar refractivity (Wildman–Crippen MR) is 106 cm³/mol. The van der Waals surface area contributed by atoms with Crippen molar-refractivity contribution in [2.45, 2.75) is 5.75 Å². The molecule has 29 heavy (non-hydrogen) atoms. The van der Waals surface area contributed by atoms with Crippen molar-refractivity contribution in [1.29, 1.82) is 0 Å². The van der Waals surface area contributed by atoms with Crippen molar-refractivity contribution in [3.05, 3.63) is 66.1 Å². The largest absolute Gasteiger partial charge is 0.465 e. The summed E-state index contributed by atoms with van der Waals surface area (Å²) in [6.07, 6.45) is 4.11. The van der Waals surface area contributed by atoms with E-state index in [1.165, 1.54) is 27.6 Å². The molecule has 0 unspecified atom stereocenters. The molecular weight excluding hydrogens is 396 g/mol. The Balaban J connectivity index is 1.43. The first-order valence-electron chi connectivity index (χ1n) is 9.12. The summed E-state index contributed by atoms with van der Waals surface area (Å²) in [4.78, 5) is 25.4. The minimum atomic E-state index is -3.45. The molecule has 154 valence electrons. The van der Waals surface area contributed by atoms with Crippen LogP contribution < -0.4 is 0 Å².